The molecule has 0 bridgehead atoms. The lowest BCUT2D eigenvalue weighted by atomic mass is 9.99. The van der Waals surface area contributed by atoms with Crippen LogP contribution in [0.5, 0.6) is 0 Å². The van der Waals surface area contributed by atoms with Crippen molar-refractivity contribution in [2.75, 3.05) is 26.2 Å². The molecule has 0 unspecified atom stereocenters. The van der Waals surface area contributed by atoms with Crippen molar-refractivity contribution in [1.82, 2.24) is 20.3 Å². The lowest BCUT2D eigenvalue weighted by molar-refractivity contribution is 0.0755. The predicted molar refractivity (Wildman–Crippen MR) is 188 cm³/mol. The van der Waals surface area contributed by atoms with Gasteiger partial charge in [-0.2, -0.15) is 0 Å². The Kier molecular flexibility index (Phi) is 14.6. The minimum Gasteiger partial charge on any atom is -0.394 e. The van der Waals surface area contributed by atoms with Gasteiger partial charge >= 0.3 is 0 Å². The highest BCUT2D eigenvalue weighted by atomic mass is 32.2. The summed E-state index contributed by atoms with van der Waals surface area (Å²) in [5.74, 6) is -0.441. The molecule has 0 aliphatic heterocycles. The molecule has 0 radical (unpaired) electrons. The van der Waals surface area contributed by atoms with Gasteiger partial charge in [0.05, 0.1) is 29.2 Å². The molecule has 0 saturated carbocycles. The van der Waals surface area contributed by atoms with Crippen LogP contribution in [0.3, 0.4) is 0 Å². The van der Waals surface area contributed by atoms with E-state index < -0.39 is 57.8 Å². The number of hydrogen-bond acceptors (Lipinski definition) is 7. The molecule has 0 aromatic heterocycles. The van der Waals surface area contributed by atoms with Crippen LogP contribution < -0.4 is 15.4 Å². The number of aliphatic hydroxyl groups excluding tert-OH is 2. The van der Waals surface area contributed by atoms with E-state index in [1.165, 1.54) is 26.0 Å². The third kappa shape index (κ3) is 11.7. The molecule has 2 amide bonds. The van der Waals surface area contributed by atoms with Crippen LogP contribution in [0, 0.1) is 24.0 Å². The number of amides is 2. The standard InChI is InChI=1S/C37H46F2N4O6S/c1-6-12-43(13-7-2)36(47)29-18-28(19-32(20-29)50(48,49)42-37(4,5)24-44)35(46)41-33(17-27-15-30(38)21-31(39)16-27)34(45)23-40-22-26-11-9-10-25(8-3)14-26/h3,9-11,14-16,18-21,33-34,40,42,44-45H,6-7,12-13,17,22-24H2,1-2,4-5H3,(H,41,46)/t33-,34+/m0/s1. The van der Waals surface area contributed by atoms with E-state index in [2.05, 4.69) is 21.3 Å². The highest BCUT2D eigenvalue weighted by Crippen LogP contribution is 2.21. The molecule has 50 heavy (non-hydrogen) atoms. The van der Waals surface area contributed by atoms with E-state index in [-0.39, 0.29) is 34.6 Å². The monoisotopic (exact) mass is 712 g/mol. The van der Waals surface area contributed by atoms with Gasteiger partial charge in [-0.1, -0.05) is 31.9 Å². The van der Waals surface area contributed by atoms with Gasteiger partial charge in [-0.3, -0.25) is 9.59 Å². The number of benzene rings is 3. The molecule has 0 heterocycles. The quantitative estimate of drug-likeness (QED) is 0.126. The van der Waals surface area contributed by atoms with Gasteiger partial charge in [-0.15, -0.1) is 6.42 Å². The molecular formula is C37H46F2N4O6S. The Bertz CT molecular complexity index is 1770. The molecule has 2 atom stereocenters. The number of halogens is 2. The lowest BCUT2D eigenvalue weighted by Gasteiger charge is -2.26. The van der Waals surface area contributed by atoms with Crippen molar-refractivity contribution >= 4 is 21.8 Å². The van der Waals surface area contributed by atoms with E-state index in [4.69, 9.17) is 6.42 Å². The van der Waals surface area contributed by atoms with Gasteiger partial charge in [0.1, 0.15) is 11.6 Å². The molecule has 0 aliphatic carbocycles. The van der Waals surface area contributed by atoms with E-state index in [0.29, 0.717) is 44.1 Å². The highest BCUT2D eigenvalue weighted by Gasteiger charge is 2.29. The summed E-state index contributed by atoms with van der Waals surface area (Å²) < 4.78 is 57.6. The van der Waals surface area contributed by atoms with Gasteiger partial charge in [0.15, 0.2) is 0 Å². The van der Waals surface area contributed by atoms with Crippen LogP contribution >= 0.6 is 0 Å². The lowest BCUT2D eigenvalue weighted by Crippen LogP contribution is -2.49. The van der Waals surface area contributed by atoms with Crippen LogP contribution in [0.25, 0.3) is 0 Å². The molecular weight excluding hydrogens is 666 g/mol. The van der Waals surface area contributed by atoms with Crippen molar-refractivity contribution in [2.45, 2.75) is 76.1 Å². The number of carbonyl (C=O) groups is 2. The minimum atomic E-state index is -4.35. The fourth-order valence-electron chi connectivity index (χ4n) is 5.30. The molecule has 13 heteroatoms. The van der Waals surface area contributed by atoms with Gasteiger partial charge in [0.25, 0.3) is 11.8 Å². The van der Waals surface area contributed by atoms with Crippen LogP contribution in [-0.2, 0) is 23.0 Å². The molecule has 270 valence electrons. The van der Waals surface area contributed by atoms with Gasteiger partial charge in [-0.05, 0) is 86.7 Å². The van der Waals surface area contributed by atoms with Gasteiger partial charge < -0.3 is 25.7 Å². The molecule has 3 aromatic carbocycles. The summed E-state index contributed by atoms with van der Waals surface area (Å²) >= 11 is 0. The number of nitrogens with zero attached hydrogens (tertiary/aromatic N) is 1. The van der Waals surface area contributed by atoms with E-state index in [9.17, 15) is 37.0 Å². The first-order valence-corrected chi connectivity index (χ1v) is 17.9. The SMILES string of the molecule is C#Cc1cccc(CNC[C@@H](O)[C@H](Cc2cc(F)cc(F)c2)NC(=O)c2cc(C(=O)N(CCC)CCC)cc(S(=O)(=O)NC(C)(C)CO)c2)c1. The fraction of sp³-hybridized carbons (Fsp3) is 0.405. The van der Waals surface area contributed by atoms with Crippen molar-refractivity contribution in [3.8, 4) is 12.3 Å². The zero-order valence-corrected chi connectivity index (χ0v) is 29.6. The minimum absolute atomic E-state index is 0.0513. The second kappa shape index (κ2) is 18.2. The summed E-state index contributed by atoms with van der Waals surface area (Å²) in [6.45, 7) is 7.28. The van der Waals surface area contributed by atoms with E-state index in [1.807, 2.05) is 19.9 Å². The van der Waals surface area contributed by atoms with Crippen LogP contribution in [0.1, 0.15) is 77.9 Å². The fourth-order valence-corrected chi connectivity index (χ4v) is 6.77. The first kappa shape index (κ1) is 40.2. The molecule has 0 fully saturated rings. The summed E-state index contributed by atoms with van der Waals surface area (Å²) in [5, 5.41) is 26.8. The van der Waals surface area contributed by atoms with Gasteiger partial charge in [-0.25, -0.2) is 21.9 Å². The van der Waals surface area contributed by atoms with Crippen molar-refractivity contribution < 1.29 is 37.0 Å². The molecule has 3 aromatic rings. The summed E-state index contributed by atoms with van der Waals surface area (Å²) in [6.07, 6.45) is 5.30. The Morgan fingerprint density at radius 2 is 1.60 bits per heavy atom. The Morgan fingerprint density at radius 1 is 0.960 bits per heavy atom. The number of sulfonamides is 1. The first-order chi connectivity index (χ1) is 23.6. The van der Waals surface area contributed by atoms with Crippen LogP contribution in [0.15, 0.2) is 65.6 Å². The van der Waals surface area contributed by atoms with Crippen LogP contribution in [0.2, 0.25) is 0 Å². The maximum absolute atomic E-state index is 14.1. The number of hydrogen-bond donors (Lipinski definition) is 5. The van der Waals surface area contributed by atoms with E-state index >= 15 is 0 Å². The van der Waals surface area contributed by atoms with E-state index in [1.54, 1.807) is 23.1 Å². The summed E-state index contributed by atoms with van der Waals surface area (Å²) in [4.78, 5) is 28.7. The number of aliphatic hydroxyl groups is 2. The molecule has 0 saturated heterocycles. The highest BCUT2D eigenvalue weighted by molar-refractivity contribution is 7.89. The average Bonchev–Trinajstić information content (AvgIpc) is 3.06. The van der Waals surface area contributed by atoms with Crippen molar-refractivity contribution in [2.24, 2.45) is 0 Å². The van der Waals surface area contributed by atoms with Crippen LogP contribution in [0.4, 0.5) is 8.78 Å². The maximum Gasteiger partial charge on any atom is 0.253 e. The van der Waals surface area contributed by atoms with Gasteiger partial charge in [0, 0.05) is 48.9 Å². The topological polar surface area (TPSA) is 148 Å². The van der Waals surface area contributed by atoms with E-state index in [0.717, 1.165) is 23.8 Å². The molecule has 0 aliphatic rings. The number of nitrogens with one attached hydrogen (secondary N) is 3. The zero-order chi connectivity index (χ0) is 37.1. The number of rotatable bonds is 18. The molecule has 0 spiro atoms. The number of carbonyl (C=O) groups excluding carboxylic acids is 2. The second-order valence-corrected chi connectivity index (χ2v) is 14.5. The second-order valence-electron chi connectivity index (χ2n) is 12.8. The third-order valence-electron chi connectivity index (χ3n) is 7.74. The third-order valence-corrected chi connectivity index (χ3v) is 9.42. The van der Waals surface area contributed by atoms with Gasteiger partial charge in [0.2, 0.25) is 10.0 Å². The van der Waals surface area contributed by atoms with Crippen molar-refractivity contribution in [3.63, 3.8) is 0 Å². The largest absolute Gasteiger partial charge is 0.394 e. The smallest absolute Gasteiger partial charge is 0.253 e. The summed E-state index contributed by atoms with van der Waals surface area (Å²) in [6, 6.07) is 12.5. The summed E-state index contributed by atoms with van der Waals surface area (Å²) in [5.41, 5.74) is 0.157. The Hall–Kier alpha value is -4.19. The van der Waals surface area contributed by atoms with Crippen LogP contribution in [-0.4, -0.2) is 79.3 Å². The molecule has 10 nitrogen and oxygen atoms in total. The maximum atomic E-state index is 14.1. The first-order valence-electron chi connectivity index (χ1n) is 16.4. The predicted octanol–water partition coefficient (Wildman–Crippen LogP) is 3.75. The van der Waals surface area contributed by atoms with Crippen molar-refractivity contribution in [3.05, 3.63) is 100 Å². The molecule has 3 rings (SSSR count). The Morgan fingerprint density at radius 3 is 2.20 bits per heavy atom. The average molecular weight is 713 g/mol. The normalized spacial score (nSPS) is 12.9. The Labute approximate surface area is 293 Å². The zero-order valence-electron chi connectivity index (χ0n) is 28.8. The molecule has 5 N–H and O–H groups in total. The summed E-state index contributed by atoms with van der Waals surface area (Å²) in [7, 11) is -4.35. The Balaban J connectivity index is 2.00. The van der Waals surface area contributed by atoms with Crippen molar-refractivity contribution in [1.29, 1.82) is 0 Å². The number of terminal acetylenes is 1.